The second-order valence-corrected chi connectivity index (χ2v) is 4.06. The van der Waals surface area contributed by atoms with Gasteiger partial charge in [0.1, 0.15) is 5.82 Å². The van der Waals surface area contributed by atoms with Crippen molar-refractivity contribution in [3.8, 4) is 0 Å². The fourth-order valence-corrected chi connectivity index (χ4v) is 1.77. The first-order valence-corrected chi connectivity index (χ1v) is 5.89. The fourth-order valence-electron chi connectivity index (χ4n) is 1.24. The van der Waals surface area contributed by atoms with Gasteiger partial charge in [-0.05, 0) is 34.6 Å². The third-order valence-corrected chi connectivity index (χ3v) is 2.69. The molecule has 0 spiro atoms. The molecule has 0 aromatic heterocycles. The summed E-state index contributed by atoms with van der Waals surface area (Å²) < 4.78 is 13.8. The molecule has 0 saturated heterocycles. The summed E-state index contributed by atoms with van der Waals surface area (Å²) in [5, 5.41) is 5.71. The maximum Gasteiger partial charge on any atom is 0.255 e. The Bertz CT molecular complexity index is 351. The number of hydrogen-bond donors (Lipinski definition) is 2. The van der Waals surface area contributed by atoms with E-state index >= 15 is 0 Å². The van der Waals surface area contributed by atoms with E-state index in [1.165, 1.54) is 6.07 Å². The highest BCUT2D eigenvalue weighted by atomic mass is 79.9. The van der Waals surface area contributed by atoms with Crippen molar-refractivity contribution in [2.75, 3.05) is 19.6 Å². The van der Waals surface area contributed by atoms with Gasteiger partial charge in [-0.2, -0.15) is 0 Å². The molecule has 5 heteroatoms. The summed E-state index contributed by atoms with van der Waals surface area (Å²) in [5.74, 6) is -0.918. The Morgan fingerprint density at radius 1 is 1.44 bits per heavy atom. The Morgan fingerprint density at radius 3 is 2.81 bits per heavy atom. The van der Waals surface area contributed by atoms with Crippen LogP contribution in [0.5, 0.6) is 0 Å². The van der Waals surface area contributed by atoms with E-state index in [4.69, 9.17) is 0 Å². The van der Waals surface area contributed by atoms with Crippen LogP contribution in [0.3, 0.4) is 0 Å². The molecule has 0 saturated carbocycles. The lowest BCUT2D eigenvalue weighted by atomic mass is 10.2. The van der Waals surface area contributed by atoms with E-state index in [0.29, 0.717) is 17.6 Å². The van der Waals surface area contributed by atoms with Crippen LogP contribution in [0.25, 0.3) is 0 Å². The van der Waals surface area contributed by atoms with E-state index in [2.05, 4.69) is 26.6 Å². The second-order valence-electron chi connectivity index (χ2n) is 3.21. The molecular weight excluding hydrogens is 275 g/mol. The number of halogens is 2. The zero-order chi connectivity index (χ0) is 12.0. The predicted molar refractivity (Wildman–Crippen MR) is 65.0 cm³/mol. The third-order valence-electron chi connectivity index (χ3n) is 2.03. The van der Waals surface area contributed by atoms with Crippen LogP contribution in [0, 0.1) is 5.82 Å². The number of carbonyl (C=O) groups excluding carboxylic acids is 1. The van der Waals surface area contributed by atoms with Gasteiger partial charge in [-0.25, -0.2) is 4.39 Å². The lowest BCUT2D eigenvalue weighted by molar-refractivity contribution is 0.0949. The summed E-state index contributed by atoms with van der Waals surface area (Å²) >= 11 is 3.15. The van der Waals surface area contributed by atoms with Gasteiger partial charge in [0.15, 0.2) is 0 Å². The maximum absolute atomic E-state index is 13.4. The molecule has 0 aliphatic heterocycles. The minimum atomic E-state index is -0.518. The first kappa shape index (κ1) is 13.1. The largest absolute Gasteiger partial charge is 0.351 e. The van der Waals surface area contributed by atoms with Gasteiger partial charge in [-0.3, -0.25) is 4.79 Å². The van der Waals surface area contributed by atoms with Crippen molar-refractivity contribution in [2.24, 2.45) is 0 Å². The predicted octanol–water partition coefficient (Wildman–Crippen LogP) is 1.93. The van der Waals surface area contributed by atoms with E-state index in [9.17, 15) is 9.18 Å². The van der Waals surface area contributed by atoms with Crippen molar-refractivity contribution in [1.29, 1.82) is 0 Å². The van der Waals surface area contributed by atoms with Gasteiger partial charge in [0.05, 0.1) is 5.56 Å². The molecule has 0 aliphatic rings. The summed E-state index contributed by atoms with van der Waals surface area (Å²) in [5.41, 5.74) is 0.0546. The topological polar surface area (TPSA) is 41.1 Å². The molecular formula is C11H14BrFN2O. The normalized spacial score (nSPS) is 10.2. The summed E-state index contributed by atoms with van der Waals surface area (Å²) in [6, 6.07) is 4.46. The fraction of sp³-hybridized carbons (Fsp3) is 0.364. The number of hydrogen-bond acceptors (Lipinski definition) is 2. The highest BCUT2D eigenvalue weighted by Gasteiger charge is 2.14. The van der Waals surface area contributed by atoms with E-state index in [1.54, 1.807) is 12.1 Å². The number of benzene rings is 1. The molecule has 1 rings (SSSR count). The van der Waals surface area contributed by atoms with Crippen LogP contribution in [0.2, 0.25) is 0 Å². The zero-order valence-electron chi connectivity index (χ0n) is 9.02. The number of likely N-dealkylation sites (N-methyl/N-ethyl adjacent to an activating group) is 1. The van der Waals surface area contributed by atoms with Crippen LogP contribution in [-0.2, 0) is 0 Å². The van der Waals surface area contributed by atoms with Gasteiger partial charge < -0.3 is 10.6 Å². The van der Waals surface area contributed by atoms with Crippen molar-refractivity contribution in [3.05, 3.63) is 34.1 Å². The van der Waals surface area contributed by atoms with E-state index in [0.717, 1.165) is 6.54 Å². The van der Waals surface area contributed by atoms with Crippen LogP contribution in [0.1, 0.15) is 17.3 Å². The minimum Gasteiger partial charge on any atom is -0.351 e. The Kier molecular flexibility index (Phi) is 5.42. The highest BCUT2D eigenvalue weighted by Crippen LogP contribution is 2.19. The standard InChI is InChI=1S/C11H14BrFN2O/c1-2-14-6-7-15-11(16)10-8(12)4-3-5-9(10)13/h3-5,14H,2,6-7H2,1H3,(H,15,16). The Balaban J connectivity index is 2.59. The van der Waals surface area contributed by atoms with Crippen LogP contribution < -0.4 is 10.6 Å². The Labute approximate surface area is 103 Å². The summed E-state index contributed by atoms with van der Waals surface area (Å²) in [6.45, 7) is 3.98. The van der Waals surface area contributed by atoms with Crippen molar-refractivity contribution >= 4 is 21.8 Å². The van der Waals surface area contributed by atoms with Crippen LogP contribution >= 0.6 is 15.9 Å². The number of carbonyl (C=O) groups is 1. The number of nitrogens with one attached hydrogen (secondary N) is 2. The van der Waals surface area contributed by atoms with E-state index in [-0.39, 0.29) is 5.56 Å². The van der Waals surface area contributed by atoms with Gasteiger partial charge >= 0.3 is 0 Å². The molecule has 88 valence electrons. The average molecular weight is 289 g/mol. The van der Waals surface area contributed by atoms with Crippen LogP contribution in [0.4, 0.5) is 4.39 Å². The van der Waals surface area contributed by atoms with Crippen LogP contribution in [-0.4, -0.2) is 25.5 Å². The van der Waals surface area contributed by atoms with Crippen molar-refractivity contribution in [3.63, 3.8) is 0 Å². The molecule has 1 aromatic rings. The molecule has 16 heavy (non-hydrogen) atoms. The van der Waals surface area contributed by atoms with Gasteiger partial charge in [0.2, 0.25) is 0 Å². The smallest absolute Gasteiger partial charge is 0.255 e. The lowest BCUT2D eigenvalue weighted by Gasteiger charge is -2.07. The van der Waals surface area contributed by atoms with E-state index < -0.39 is 11.7 Å². The van der Waals surface area contributed by atoms with Crippen molar-refractivity contribution in [1.82, 2.24) is 10.6 Å². The molecule has 0 atom stereocenters. The molecule has 1 amide bonds. The van der Waals surface area contributed by atoms with Crippen LogP contribution in [0.15, 0.2) is 22.7 Å². The third kappa shape index (κ3) is 3.57. The van der Waals surface area contributed by atoms with E-state index in [1.807, 2.05) is 6.92 Å². The number of amides is 1. The Morgan fingerprint density at radius 2 is 2.19 bits per heavy atom. The SMILES string of the molecule is CCNCCNC(=O)c1c(F)cccc1Br. The summed E-state index contributed by atoms with van der Waals surface area (Å²) in [6.07, 6.45) is 0. The lowest BCUT2D eigenvalue weighted by Crippen LogP contribution is -2.32. The average Bonchev–Trinajstić information content (AvgIpc) is 2.24. The van der Waals surface area contributed by atoms with Gasteiger partial charge in [-0.1, -0.05) is 13.0 Å². The molecule has 0 aliphatic carbocycles. The molecule has 0 unspecified atom stereocenters. The number of rotatable bonds is 5. The first-order valence-electron chi connectivity index (χ1n) is 5.09. The maximum atomic E-state index is 13.4. The minimum absolute atomic E-state index is 0.0546. The first-order chi connectivity index (χ1) is 7.66. The molecule has 1 aromatic carbocycles. The molecule has 0 fully saturated rings. The Hall–Kier alpha value is -0.940. The molecule has 0 radical (unpaired) electrons. The summed E-state index contributed by atoms with van der Waals surface area (Å²) in [4.78, 5) is 11.6. The van der Waals surface area contributed by atoms with Crippen molar-refractivity contribution < 1.29 is 9.18 Å². The van der Waals surface area contributed by atoms with Gasteiger partial charge in [-0.15, -0.1) is 0 Å². The quantitative estimate of drug-likeness (QED) is 0.813. The monoisotopic (exact) mass is 288 g/mol. The van der Waals surface area contributed by atoms with Crippen molar-refractivity contribution in [2.45, 2.75) is 6.92 Å². The van der Waals surface area contributed by atoms with Gasteiger partial charge in [0.25, 0.3) is 5.91 Å². The molecule has 3 nitrogen and oxygen atoms in total. The molecule has 0 bridgehead atoms. The zero-order valence-corrected chi connectivity index (χ0v) is 10.6. The molecule has 2 N–H and O–H groups in total. The van der Waals surface area contributed by atoms with Gasteiger partial charge in [0, 0.05) is 17.6 Å². The highest BCUT2D eigenvalue weighted by molar-refractivity contribution is 9.10. The summed E-state index contributed by atoms with van der Waals surface area (Å²) in [7, 11) is 0. The molecule has 0 heterocycles. The second kappa shape index (κ2) is 6.60.